The zero-order valence-electron chi connectivity index (χ0n) is 18.9. The molecule has 168 valence electrons. The van der Waals surface area contributed by atoms with Gasteiger partial charge in [-0.3, -0.25) is 19.1 Å². The quantitative estimate of drug-likeness (QED) is 0.721. The van der Waals surface area contributed by atoms with Crippen LogP contribution in [0.15, 0.2) is 35.3 Å². The topological polar surface area (TPSA) is 87.5 Å². The van der Waals surface area contributed by atoms with Gasteiger partial charge in [0.05, 0.1) is 11.7 Å². The number of carbonyl (C=O) groups excluding carboxylic acids is 2. The normalized spacial score (nSPS) is 15.5. The molecule has 2 heterocycles. The summed E-state index contributed by atoms with van der Waals surface area (Å²) in [4.78, 5) is 41.3. The predicted molar refractivity (Wildman–Crippen MR) is 121 cm³/mol. The first-order chi connectivity index (χ1) is 14.7. The molecule has 0 saturated carbocycles. The standard InChI is InChI=1S/C23H33N5O3/c1-23(2,16-26(3)4)15-24-22(31)17-9-11-27(12-10-17)21(30)14-28-19-8-6-5-7-18(19)20(29)13-25-28/h5-8,13,17H,9-12,14-16H2,1-4H3,(H,24,31). The molecule has 2 aromatic rings. The Hall–Kier alpha value is -2.74. The molecule has 0 spiro atoms. The van der Waals surface area contributed by atoms with Crippen molar-refractivity contribution in [3.63, 3.8) is 0 Å². The number of nitrogens with one attached hydrogen (secondary N) is 1. The number of para-hydroxylation sites is 1. The van der Waals surface area contributed by atoms with Crippen LogP contribution in [-0.4, -0.2) is 71.7 Å². The molecule has 0 bridgehead atoms. The predicted octanol–water partition coefficient (Wildman–Crippen LogP) is 1.34. The molecule has 0 atom stereocenters. The summed E-state index contributed by atoms with van der Waals surface area (Å²) in [7, 11) is 4.06. The van der Waals surface area contributed by atoms with Gasteiger partial charge in [0.15, 0.2) is 0 Å². The molecule has 1 aromatic heterocycles. The highest BCUT2D eigenvalue weighted by atomic mass is 16.2. The van der Waals surface area contributed by atoms with Gasteiger partial charge in [-0.25, -0.2) is 0 Å². The average molecular weight is 428 g/mol. The highest BCUT2D eigenvalue weighted by molar-refractivity contribution is 5.82. The summed E-state index contributed by atoms with van der Waals surface area (Å²) >= 11 is 0. The summed E-state index contributed by atoms with van der Waals surface area (Å²) in [5, 5.41) is 7.79. The van der Waals surface area contributed by atoms with Crippen molar-refractivity contribution in [2.75, 3.05) is 40.3 Å². The molecule has 0 unspecified atom stereocenters. The number of benzene rings is 1. The van der Waals surface area contributed by atoms with Crippen LogP contribution in [0.3, 0.4) is 0 Å². The van der Waals surface area contributed by atoms with Gasteiger partial charge in [-0.1, -0.05) is 26.0 Å². The lowest BCUT2D eigenvalue weighted by Crippen LogP contribution is -2.46. The van der Waals surface area contributed by atoms with Crippen molar-refractivity contribution < 1.29 is 9.59 Å². The Labute approximate surface area is 183 Å². The molecule has 1 aromatic carbocycles. The average Bonchev–Trinajstić information content (AvgIpc) is 2.73. The summed E-state index contributed by atoms with van der Waals surface area (Å²) in [6, 6.07) is 7.16. The molecule has 3 rings (SSSR count). The van der Waals surface area contributed by atoms with E-state index in [0.717, 1.165) is 6.54 Å². The van der Waals surface area contributed by atoms with Crippen LogP contribution >= 0.6 is 0 Å². The highest BCUT2D eigenvalue weighted by Gasteiger charge is 2.29. The fourth-order valence-electron chi connectivity index (χ4n) is 4.29. The molecular weight excluding hydrogens is 394 g/mol. The number of aromatic nitrogens is 2. The molecule has 0 radical (unpaired) electrons. The van der Waals surface area contributed by atoms with E-state index in [1.54, 1.807) is 27.8 Å². The molecule has 1 N–H and O–H groups in total. The van der Waals surface area contributed by atoms with Crippen LogP contribution in [0.1, 0.15) is 26.7 Å². The minimum absolute atomic E-state index is 0.00244. The van der Waals surface area contributed by atoms with Crippen LogP contribution in [0, 0.1) is 11.3 Å². The first-order valence-corrected chi connectivity index (χ1v) is 10.8. The second kappa shape index (κ2) is 9.60. The van der Waals surface area contributed by atoms with Crippen LogP contribution in [0.2, 0.25) is 0 Å². The van der Waals surface area contributed by atoms with Gasteiger partial charge in [0.25, 0.3) is 0 Å². The zero-order valence-corrected chi connectivity index (χ0v) is 18.9. The maximum absolute atomic E-state index is 12.8. The van der Waals surface area contributed by atoms with E-state index in [9.17, 15) is 14.4 Å². The molecule has 2 amide bonds. The van der Waals surface area contributed by atoms with Gasteiger partial charge >= 0.3 is 0 Å². The van der Waals surface area contributed by atoms with Gasteiger partial charge in [-0.2, -0.15) is 5.10 Å². The number of rotatable bonds is 7. The Kier molecular flexibility index (Phi) is 7.10. The van der Waals surface area contributed by atoms with Crippen LogP contribution in [0.25, 0.3) is 10.9 Å². The summed E-state index contributed by atoms with van der Waals surface area (Å²) in [6.07, 6.45) is 2.57. The lowest BCUT2D eigenvalue weighted by atomic mass is 9.91. The van der Waals surface area contributed by atoms with Gasteiger partial charge in [0.2, 0.25) is 17.2 Å². The van der Waals surface area contributed by atoms with E-state index in [1.165, 1.54) is 6.20 Å². The molecule has 1 saturated heterocycles. The second-order valence-electron chi connectivity index (χ2n) is 9.46. The third-order valence-corrected chi connectivity index (χ3v) is 5.75. The van der Waals surface area contributed by atoms with Gasteiger partial charge in [0, 0.05) is 37.5 Å². The maximum Gasteiger partial charge on any atom is 0.244 e. The van der Waals surface area contributed by atoms with Crippen molar-refractivity contribution in [2.45, 2.75) is 33.2 Å². The van der Waals surface area contributed by atoms with E-state index in [-0.39, 0.29) is 35.1 Å². The number of piperidine rings is 1. The van der Waals surface area contributed by atoms with Crippen molar-refractivity contribution in [2.24, 2.45) is 11.3 Å². The summed E-state index contributed by atoms with van der Waals surface area (Å²) in [5.41, 5.74) is 0.500. The Balaban J connectivity index is 1.53. The highest BCUT2D eigenvalue weighted by Crippen LogP contribution is 2.20. The van der Waals surface area contributed by atoms with Crippen molar-refractivity contribution >= 4 is 22.7 Å². The number of amides is 2. The Morgan fingerprint density at radius 3 is 2.55 bits per heavy atom. The van der Waals surface area contributed by atoms with Crippen LogP contribution < -0.4 is 10.7 Å². The van der Waals surface area contributed by atoms with Crippen molar-refractivity contribution in [3.05, 3.63) is 40.7 Å². The largest absolute Gasteiger partial charge is 0.355 e. The van der Waals surface area contributed by atoms with Gasteiger partial charge in [-0.05, 0) is 44.5 Å². The second-order valence-corrected chi connectivity index (χ2v) is 9.46. The SMILES string of the molecule is CN(C)CC(C)(C)CNC(=O)C1CCN(C(=O)Cn2ncc(=O)c3ccccc32)CC1. The van der Waals surface area contributed by atoms with E-state index >= 15 is 0 Å². The Morgan fingerprint density at radius 2 is 1.87 bits per heavy atom. The van der Waals surface area contributed by atoms with E-state index in [2.05, 4.69) is 29.2 Å². The monoisotopic (exact) mass is 427 g/mol. The van der Waals surface area contributed by atoms with Crippen LogP contribution in [-0.2, 0) is 16.1 Å². The smallest absolute Gasteiger partial charge is 0.244 e. The van der Waals surface area contributed by atoms with E-state index in [4.69, 9.17) is 0 Å². The first kappa shape index (κ1) is 22.9. The minimum Gasteiger partial charge on any atom is -0.355 e. The van der Waals surface area contributed by atoms with E-state index < -0.39 is 0 Å². The molecule has 1 aliphatic rings. The zero-order chi connectivity index (χ0) is 22.6. The molecule has 1 fully saturated rings. The molecule has 31 heavy (non-hydrogen) atoms. The molecule has 8 nitrogen and oxygen atoms in total. The Bertz CT molecular complexity index is 990. The first-order valence-electron chi connectivity index (χ1n) is 10.8. The fourth-order valence-corrected chi connectivity index (χ4v) is 4.29. The molecule has 0 aliphatic carbocycles. The lowest BCUT2D eigenvalue weighted by molar-refractivity contribution is -0.136. The van der Waals surface area contributed by atoms with Crippen molar-refractivity contribution in [1.82, 2.24) is 24.9 Å². The lowest BCUT2D eigenvalue weighted by Gasteiger charge is -2.33. The summed E-state index contributed by atoms with van der Waals surface area (Å²) < 4.78 is 1.57. The van der Waals surface area contributed by atoms with E-state index in [0.29, 0.717) is 43.4 Å². The number of likely N-dealkylation sites (tertiary alicyclic amines) is 1. The van der Waals surface area contributed by atoms with Gasteiger partial charge < -0.3 is 15.1 Å². The number of nitrogens with zero attached hydrogens (tertiary/aromatic N) is 4. The van der Waals surface area contributed by atoms with E-state index in [1.807, 2.05) is 20.2 Å². The van der Waals surface area contributed by atoms with Crippen LogP contribution in [0.4, 0.5) is 0 Å². The maximum atomic E-state index is 12.8. The van der Waals surface area contributed by atoms with Crippen molar-refractivity contribution in [1.29, 1.82) is 0 Å². The third-order valence-electron chi connectivity index (χ3n) is 5.75. The fraction of sp³-hybridized carbons (Fsp3) is 0.565. The molecular formula is C23H33N5O3. The Morgan fingerprint density at radius 1 is 1.19 bits per heavy atom. The van der Waals surface area contributed by atoms with Gasteiger partial charge in [0.1, 0.15) is 6.54 Å². The van der Waals surface area contributed by atoms with Gasteiger partial charge in [-0.15, -0.1) is 0 Å². The number of hydrogen-bond acceptors (Lipinski definition) is 5. The number of hydrogen-bond donors (Lipinski definition) is 1. The molecule has 8 heteroatoms. The third kappa shape index (κ3) is 5.91. The summed E-state index contributed by atoms with van der Waals surface area (Å²) in [6.45, 7) is 7.00. The minimum atomic E-state index is -0.153. The molecule has 1 aliphatic heterocycles. The number of carbonyl (C=O) groups is 2. The van der Waals surface area contributed by atoms with Crippen molar-refractivity contribution in [3.8, 4) is 0 Å². The summed E-state index contributed by atoms with van der Waals surface area (Å²) in [5.74, 6) is -0.0372. The van der Waals surface area contributed by atoms with Crippen LogP contribution in [0.5, 0.6) is 0 Å². The number of fused-ring (bicyclic) bond motifs is 1.